The Kier molecular flexibility index (Phi) is 4.19. The van der Waals surface area contributed by atoms with E-state index in [0.717, 1.165) is 18.9 Å². The summed E-state index contributed by atoms with van der Waals surface area (Å²) in [4.78, 5) is 11.8. The highest BCUT2D eigenvalue weighted by Crippen LogP contribution is 2.24. The zero-order valence-corrected chi connectivity index (χ0v) is 11.2. The lowest BCUT2D eigenvalue weighted by Crippen LogP contribution is -2.18. The van der Waals surface area contributed by atoms with E-state index in [1.807, 2.05) is 0 Å². The highest BCUT2D eigenvalue weighted by Gasteiger charge is 2.20. The van der Waals surface area contributed by atoms with Gasteiger partial charge in [0.1, 0.15) is 12.4 Å². The summed E-state index contributed by atoms with van der Waals surface area (Å²) >= 11 is 3.11. The van der Waals surface area contributed by atoms with Gasteiger partial charge in [0.05, 0.1) is 17.4 Å². The van der Waals surface area contributed by atoms with Gasteiger partial charge in [0.2, 0.25) is 0 Å². The lowest BCUT2D eigenvalue weighted by atomic mass is 10.2. The predicted octanol–water partition coefficient (Wildman–Crippen LogP) is 2.51. The van der Waals surface area contributed by atoms with E-state index in [1.165, 1.54) is 6.07 Å². The standard InChI is InChI=1S/C12H13BrFNO3/c13-9-5-10(14)11(15)4-8(9)12(16)18-6-7-2-1-3-17-7/h4-5,7H,1-3,6,15H2. The molecule has 0 spiro atoms. The number of hydrogen-bond acceptors (Lipinski definition) is 4. The molecule has 1 heterocycles. The second kappa shape index (κ2) is 5.67. The molecular weight excluding hydrogens is 305 g/mol. The molecule has 18 heavy (non-hydrogen) atoms. The predicted molar refractivity (Wildman–Crippen MR) is 67.8 cm³/mol. The lowest BCUT2D eigenvalue weighted by Gasteiger charge is -2.11. The Labute approximate surface area is 112 Å². The Bertz CT molecular complexity index is 461. The summed E-state index contributed by atoms with van der Waals surface area (Å²) in [5.41, 5.74) is 5.55. The van der Waals surface area contributed by atoms with E-state index in [2.05, 4.69) is 15.9 Å². The Morgan fingerprint density at radius 3 is 3.06 bits per heavy atom. The van der Waals surface area contributed by atoms with Crippen molar-refractivity contribution >= 4 is 27.6 Å². The number of rotatable bonds is 3. The van der Waals surface area contributed by atoms with Crippen LogP contribution in [-0.4, -0.2) is 25.3 Å². The van der Waals surface area contributed by atoms with E-state index in [-0.39, 0.29) is 24.0 Å². The van der Waals surface area contributed by atoms with E-state index in [0.29, 0.717) is 11.1 Å². The minimum Gasteiger partial charge on any atom is -0.459 e. The number of carbonyl (C=O) groups is 1. The van der Waals surface area contributed by atoms with Gasteiger partial charge in [-0.2, -0.15) is 0 Å². The van der Waals surface area contributed by atoms with Gasteiger partial charge < -0.3 is 15.2 Å². The minimum atomic E-state index is -0.572. The molecule has 1 aliphatic heterocycles. The average molecular weight is 318 g/mol. The van der Waals surface area contributed by atoms with Crippen LogP contribution in [0, 0.1) is 5.82 Å². The topological polar surface area (TPSA) is 61.6 Å². The van der Waals surface area contributed by atoms with Crippen molar-refractivity contribution in [2.45, 2.75) is 18.9 Å². The van der Waals surface area contributed by atoms with Crippen LogP contribution in [-0.2, 0) is 9.47 Å². The van der Waals surface area contributed by atoms with Gasteiger partial charge in [-0.05, 0) is 40.9 Å². The fourth-order valence-corrected chi connectivity index (χ4v) is 2.22. The third kappa shape index (κ3) is 3.00. The van der Waals surface area contributed by atoms with Gasteiger partial charge in [0.15, 0.2) is 0 Å². The third-order valence-corrected chi connectivity index (χ3v) is 3.39. The number of ether oxygens (including phenoxy) is 2. The maximum absolute atomic E-state index is 13.1. The Morgan fingerprint density at radius 2 is 2.39 bits per heavy atom. The minimum absolute atomic E-state index is 0.0366. The Morgan fingerprint density at radius 1 is 1.61 bits per heavy atom. The van der Waals surface area contributed by atoms with Crippen molar-refractivity contribution in [2.75, 3.05) is 18.9 Å². The molecule has 0 aromatic heterocycles. The lowest BCUT2D eigenvalue weighted by molar-refractivity contribution is 0.0160. The van der Waals surface area contributed by atoms with Crippen molar-refractivity contribution in [1.82, 2.24) is 0 Å². The molecule has 1 aromatic rings. The van der Waals surface area contributed by atoms with Crippen molar-refractivity contribution < 1.29 is 18.7 Å². The van der Waals surface area contributed by atoms with Crippen LogP contribution in [0.2, 0.25) is 0 Å². The molecular formula is C12H13BrFNO3. The largest absolute Gasteiger partial charge is 0.459 e. The van der Waals surface area contributed by atoms with Crippen molar-refractivity contribution in [1.29, 1.82) is 0 Å². The molecule has 1 atom stereocenters. The number of nitrogen functional groups attached to an aromatic ring is 1. The van der Waals surface area contributed by atoms with Crippen LogP contribution < -0.4 is 5.73 Å². The van der Waals surface area contributed by atoms with Gasteiger partial charge in [-0.1, -0.05) is 0 Å². The molecule has 1 unspecified atom stereocenters. The first-order valence-corrected chi connectivity index (χ1v) is 6.40. The van der Waals surface area contributed by atoms with Gasteiger partial charge in [0.25, 0.3) is 0 Å². The van der Waals surface area contributed by atoms with Crippen molar-refractivity contribution in [3.05, 3.63) is 28.0 Å². The van der Waals surface area contributed by atoms with Crippen LogP contribution in [0.1, 0.15) is 23.2 Å². The zero-order chi connectivity index (χ0) is 13.1. The van der Waals surface area contributed by atoms with Gasteiger partial charge in [-0.15, -0.1) is 0 Å². The monoisotopic (exact) mass is 317 g/mol. The van der Waals surface area contributed by atoms with Gasteiger partial charge in [-0.3, -0.25) is 0 Å². The molecule has 1 aromatic carbocycles. The number of anilines is 1. The molecule has 0 radical (unpaired) electrons. The summed E-state index contributed by atoms with van der Waals surface area (Å²) < 4.78 is 23.9. The summed E-state index contributed by atoms with van der Waals surface area (Å²) in [6.07, 6.45) is 1.83. The fourth-order valence-electron chi connectivity index (χ4n) is 1.74. The van der Waals surface area contributed by atoms with Crippen LogP contribution >= 0.6 is 15.9 Å². The molecule has 0 amide bonds. The molecule has 4 nitrogen and oxygen atoms in total. The van der Waals surface area contributed by atoms with Crippen molar-refractivity contribution in [2.24, 2.45) is 0 Å². The zero-order valence-electron chi connectivity index (χ0n) is 9.62. The molecule has 1 saturated heterocycles. The molecule has 98 valence electrons. The maximum Gasteiger partial charge on any atom is 0.339 e. The molecule has 2 rings (SSSR count). The number of halogens is 2. The SMILES string of the molecule is Nc1cc(C(=O)OCC2CCCO2)c(Br)cc1F. The van der Waals surface area contributed by atoms with E-state index in [9.17, 15) is 9.18 Å². The molecule has 0 bridgehead atoms. The molecule has 6 heteroatoms. The van der Waals surface area contributed by atoms with Crippen LogP contribution in [0.25, 0.3) is 0 Å². The summed E-state index contributed by atoms with van der Waals surface area (Å²) in [5, 5.41) is 0. The highest BCUT2D eigenvalue weighted by atomic mass is 79.9. The first-order chi connectivity index (χ1) is 8.58. The number of benzene rings is 1. The smallest absolute Gasteiger partial charge is 0.339 e. The van der Waals surface area contributed by atoms with Crippen LogP contribution in [0.4, 0.5) is 10.1 Å². The summed E-state index contributed by atoms with van der Waals surface area (Å²) in [6.45, 7) is 0.915. The molecule has 2 N–H and O–H groups in total. The summed E-state index contributed by atoms with van der Waals surface area (Å²) in [6, 6.07) is 2.41. The van der Waals surface area contributed by atoms with Crippen LogP contribution in [0.5, 0.6) is 0 Å². The van der Waals surface area contributed by atoms with Crippen LogP contribution in [0.15, 0.2) is 16.6 Å². The summed E-state index contributed by atoms with van der Waals surface area (Å²) in [5.74, 6) is -1.11. The van der Waals surface area contributed by atoms with Gasteiger partial charge >= 0.3 is 5.97 Å². The number of carbonyl (C=O) groups excluding carboxylic acids is 1. The van der Waals surface area contributed by atoms with Crippen molar-refractivity contribution in [3.8, 4) is 0 Å². The molecule has 0 aliphatic carbocycles. The second-order valence-electron chi connectivity index (χ2n) is 4.09. The molecule has 0 saturated carbocycles. The average Bonchev–Trinajstić information content (AvgIpc) is 2.84. The van der Waals surface area contributed by atoms with E-state index in [1.54, 1.807) is 0 Å². The summed E-state index contributed by atoms with van der Waals surface area (Å²) in [7, 11) is 0. The Balaban J connectivity index is 2.01. The number of esters is 1. The van der Waals surface area contributed by atoms with E-state index < -0.39 is 11.8 Å². The molecule has 1 fully saturated rings. The second-order valence-corrected chi connectivity index (χ2v) is 4.94. The van der Waals surface area contributed by atoms with E-state index in [4.69, 9.17) is 15.2 Å². The van der Waals surface area contributed by atoms with E-state index >= 15 is 0 Å². The Hall–Kier alpha value is -1.14. The fraction of sp³-hybridized carbons (Fsp3) is 0.417. The normalized spacial score (nSPS) is 18.9. The first kappa shape index (κ1) is 13.3. The first-order valence-electron chi connectivity index (χ1n) is 5.61. The highest BCUT2D eigenvalue weighted by molar-refractivity contribution is 9.10. The van der Waals surface area contributed by atoms with Gasteiger partial charge in [0, 0.05) is 11.1 Å². The quantitative estimate of drug-likeness (QED) is 0.687. The van der Waals surface area contributed by atoms with Crippen LogP contribution in [0.3, 0.4) is 0 Å². The number of nitrogens with two attached hydrogens (primary N) is 1. The maximum atomic E-state index is 13.1. The number of hydrogen-bond donors (Lipinski definition) is 1. The third-order valence-electron chi connectivity index (χ3n) is 2.73. The van der Waals surface area contributed by atoms with Crippen molar-refractivity contribution in [3.63, 3.8) is 0 Å². The molecule has 1 aliphatic rings. The van der Waals surface area contributed by atoms with Gasteiger partial charge in [-0.25, -0.2) is 9.18 Å².